The molecule has 1 spiro atoms. The molecule has 0 radical (unpaired) electrons. The number of hydrogen-bond donors (Lipinski definition) is 1. The van der Waals surface area contributed by atoms with Crippen LogP contribution in [0.1, 0.15) is 59.2 Å². The predicted octanol–water partition coefficient (Wildman–Crippen LogP) is 4.21. The second kappa shape index (κ2) is 7.93. The lowest BCUT2D eigenvalue weighted by Crippen LogP contribution is -2.57. The number of aromatic carboxylic acids is 1. The van der Waals surface area contributed by atoms with Crippen LogP contribution in [0.25, 0.3) is 0 Å². The van der Waals surface area contributed by atoms with Crippen LogP contribution in [0.4, 0.5) is 5.69 Å². The maximum Gasteiger partial charge on any atom is 0.337 e. The summed E-state index contributed by atoms with van der Waals surface area (Å²) >= 11 is 0. The Hall–Kier alpha value is -2.86. The van der Waals surface area contributed by atoms with Gasteiger partial charge in [-0.1, -0.05) is 18.2 Å². The largest absolute Gasteiger partial charge is 0.494 e. The van der Waals surface area contributed by atoms with Crippen LogP contribution >= 0.6 is 0 Å². The number of aryl methyl sites for hydroxylation is 1. The van der Waals surface area contributed by atoms with Gasteiger partial charge in [0.25, 0.3) is 0 Å². The van der Waals surface area contributed by atoms with Crippen molar-refractivity contribution in [2.24, 2.45) is 5.41 Å². The lowest BCUT2D eigenvalue weighted by atomic mass is 9.78. The lowest BCUT2D eigenvalue weighted by molar-refractivity contribution is -0.119. The van der Waals surface area contributed by atoms with E-state index in [1.165, 1.54) is 29.5 Å². The van der Waals surface area contributed by atoms with Gasteiger partial charge in [0.15, 0.2) is 0 Å². The smallest absolute Gasteiger partial charge is 0.337 e. The van der Waals surface area contributed by atoms with Crippen molar-refractivity contribution in [1.82, 2.24) is 4.90 Å². The predicted molar refractivity (Wildman–Crippen MR) is 122 cm³/mol. The third-order valence-electron chi connectivity index (χ3n) is 7.01. The molecule has 6 heteroatoms. The van der Waals surface area contributed by atoms with Gasteiger partial charge in [0.2, 0.25) is 5.91 Å². The Morgan fingerprint density at radius 1 is 1.19 bits per heavy atom. The van der Waals surface area contributed by atoms with Gasteiger partial charge in [-0.25, -0.2) is 4.79 Å². The minimum absolute atomic E-state index is 0.0194. The van der Waals surface area contributed by atoms with E-state index in [9.17, 15) is 14.7 Å². The standard InChI is InChI=1S/C26H30N2O4/c1-3-32-23-11-19(21(10-17(23)2)18-8-9-18)13-27-14-26(15-27)12-24(29)28(16-26)22-7-5-4-6-20(22)25(30)31/h4-7,10-11,18H,3,8-9,12-16H2,1-2H3,(H,30,31). The highest BCUT2D eigenvalue weighted by Crippen LogP contribution is 2.46. The van der Waals surface area contributed by atoms with Gasteiger partial charge in [0, 0.05) is 38.0 Å². The van der Waals surface area contributed by atoms with Crippen molar-refractivity contribution in [3.05, 3.63) is 58.7 Å². The van der Waals surface area contributed by atoms with Crippen LogP contribution in [0.2, 0.25) is 0 Å². The molecule has 0 bridgehead atoms. The Labute approximate surface area is 188 Å². The van der Waals surface area contributed by atoms with Gasteiger partial charge in [0.1, 0.15) is 5.75 Å². The second-order valence-electron chi connectivity index (χ2n) is 9.65. The average Bonchev–Trinajstić information content (AvgIpc) is 3.52. The Morgan fingerprint density at radius 3 is 2.62 bits per heavy atom. The third kappa shape index (κ3) is 3.77. The molecule has 2 saturated heterocycles. The molecule has 6 nitrogen and oxygen atoms in total. The Kier molecular flexibility index (Phi) is 5.20. The van der Waals surface area contributed by atoms with Gasteiger partial charge in [0.05, 0.1) is 17.9 Å². The molecule has 0 aromatic heterocycles. The molecule has 1 N–H and O–H groups in total. The number of nitrogens with zero attached hydrogens (tertiary/aromatic N) is 2. The molecule has 2 aromatic rings. The number of carboxylic acid groups (broad SMARTS) is 1. The first kappa shape index (κ1) is 21.0. The molecule has 1 saturated carbocycles. The molecule has 2 heterocycles. The zero-order chi connectivity index (χ0) is 22.5. The topological polar surface area (TPSA) is 70.1 Å². The van der Waals surface area contributed by atoms with E-state index < -0.39 is 5.97 Å². The van der Waals surface area contributed by atoms with Gasteiger partial charge >= 0.3 is 5.97 Å². The third-order valence-corrected chi connectivity index (χ3v) is 7.01. The number of anilines is 1. The number of ether oxygens (including phenoxy) is 1. The molecule has 0 atom stereocenters. The molecule has 32 heavy (non-hydrogen) atoms. The molecule has 2 aromatic carbocycles. The maximum atomic E-state index is 12.8. The molecule has 168 valence electrons. The van der Waals surface area contributed by atoms with Crippen molar-refractivity contribution >= 4 is 17.6 Å². The first-order valence-electron chi connectivity index (χ1n) is 11.5. The lowest BCUT2D eigenvalue weighted by Gasteiger charge is -2.48. The molecule has 5 rings (SSSR count). The van der Waals surface area contributed by atoms with E-state index in [4.69, 9.17) is 4.74 Å². The molecule has 1 amide bonds. The first-order chi connectivity index (χ1) is 15.4. The normalized spacial score (nSPS) is 19.9. The SMILES string of the molecule is CCOc1cc(CN2CC3(CC(=O)N(c4ccccc4C(=O)O)C3)C2)c(C2CC2)cc1C. The fourth-order valence-electron chi connectivity index (χ4n) is 5.45. The van der Waals surface area contributed by atoms with Crippen molar-refractivity contribution in [2.45, 2.75) is 45.6 Å². The summed E-state index contributed by atoms with van der Waals surface area (Å²) in [6.45, 7) is 7.95. The molecule has 3 fully saturated rings. The van der Waals surface area contributed by atoms with Crippen molar-refractivity contribution in [3.63, 3.8) is 0 Å². The van der Waals surface area contributed by atoms with Crippen LogP contribution in [0.5, 0.6) is 5.75 Å². The van der Waals surface area contributed by atoms with E-state index in [1.807, 2.05) is 6.92 Å². The Balaban J connectivity index is 1.30. The quantitative estimate of drug-likeness (QED) is 0.707. The minimum atomic E-state index is -0.998. The highest BCUT2D eigenvalue weighted by atomic mass is 16.5. The molecule has 2 aliphatic heterocycles. The highest BCUT2D eigenvalue weighted by molar-refractivity contribution is 6.03. The Morgan fingerprint density at radius 2 is 1.94 bits per heavy atom. The summed E-state index contributed by atoms with van der Waals surface area (Å²) in [5, 5.41) is 9.52. The first-order valence-corrected chi connectivity index (χ1v) is 11.5. The number of carbonyl (C=O) groups excluding carboxylic acids is 1. The molecular weight excluding hydrogens is 404 g/mol. The van der Waals surface area contributed by atoms with Gasteiger partial charge in [-0.3, -0.25) is 9.69 Å². The highest BCUT2D eigenvalue weighted by Gasteiger charge is 2.51. The Bertz CT molecular complexity index is 1070. The summed E-state index contributed by atoms with van der Waals surface area (Å²) in [4.78, 5) is 28.5. The number of rotatable bonds is 7. The molecule has 3 aliphatic rings. The second-order valence-corrected chi connectivity index (χ2v) is 9.65. The fourth-order valence-corrected chi connectivity index (χ4v) is 5.45. The summed E-state index contributed by atoms with van der Waals surface area (Å²) < 4.78 is 5.85. The molecular formula is C26H30N2O4. The van der Waals surface area contributed by atoms with Crippen LogP contribution in [-0.2, 0) is 11.3 Å². The van der Waals surface area contributed by atoms with Crippen LogP contribution < -0.4 is 9.64 Å². The number of amides is 1. The van der Waals surface area contributed by atoms with Crippen molar-refractivity contribution < 1.29 is 19.4 Å². The molecule has 1 aliphatic carbocycles. The van der Waals surface area contributed by atoms with E-state index in [1.54, 1.807) is 29.2 Å². The van der Waals surface area contributed by atoms with Crippen LogP contribution in [-0.4, -0.2) is 48.1 Å². The van der Waals surface area contributed by atoms with Crippen molar-refractivity contribution in [2.75, 3.05) is 31.1 Å². The van der Waals surface area contributed by atoms with Crippen LogP contribution in [0.3, 0.4) is 0 Å². The monoisotopic (exact) mass is 434 g/mol. The van der Waals surface area contributed by atoms with E-state index >= 15 is 0 Å². The van der Waals surface area contributed by atoms with Crippen molar-refractivity contribution in [1.29, 1.82) is 0 Å². The van der Waals surface area contributed by atoms with Gasteiger partial charge in [-0.15, -0.1) is 0 Å². The van der Waals surface area contributed by atoms with E-state index in [2.05, 4.69) is 24.0 Å². The summed E-state index contributed by atoms with van der Waals surface area (Å²) in [6.07, 6.45) is 3.00. The summed E-state index contributed by atoms with van der Waals surface area (Å²) in [7, 11) is 0. The van der Waals surface area contributed by atoms with E-state index in [0.29, 0.717) is 31.2 Å². The van der Waals surface area contributed by atoms with E-state index in [-0.39, 0.29) is 16.9 Å². The minimum Gasteiger partial charge on any atom is -0.494 e. The number of benzene rings is 2. The van der Waals surface area contributed by atoms with Crippen LogP contribution in [0.15, 0.2) is 36.4 Å². The van der Waals surface area contributed by atoms with Gasteiger partial charge in [-0.2, -0.15) is 0 Å². The summed E-state index contributed by atoms with van der Waals surface area (Å²) in [6, 6.07) is 11.3. The number of hydrogen-bond acceptors (Lipinski definition) is 4. The zero-order valence-corrected chi connectivity index (χ0v) is 18.8. The average molecular weight is 435 g/mol. The summed E-state index contributed by atoms with van der Waals surface area (Å²) in [5.74, 6) is 0.660. The van der Waals surface area contributed by atoms with Crippen molar-refractivity contribution in [3.8, 4) is 5.75 Å². The van der Waals surface area contributed by atoms with Crippen LogP contribution in [0, 0.1) is 12.3 Å². The van der Waals surface area contributed by atoms with E-state index in [0.717, 1.165) is 25.4 Å². The summed E-state index contributed by atoms with van der Waals surface area (Å²) in [5.41, 5.74) is 4.60. The number of para-hydroxylation sites is 1. The number of carbonyl (C=O) groups is 2. The van der Waals surface area contributed by atoms with Gasteiger partial charge in [-0.05, 0) is 67.5 Å². The zero-order valence-electron chi connectivity index (χ0n) is 18.8. The number of likely N-dealkylation sites (tertiary alicyclic amines) is 1. The number of carboxylic acids is 1. The van der Waals surface area contributed by atoms with Gasteiger partial charge < -0.3 is 14.7 Å². The fraction of sp³-hybridized carbons (Fsp3) is 0.462. The molecule has 0 unspecified atom stereocenters. The maximum absolute atomic E-state index is 12.8.